The minimum atomic E-state index is -6.08. The van der Waals surface area contributed by atoms with E-state index in [9.17, 15) is 62.9 Å². The van der Waals surface area contributed by atoms with Crippen molar-refractivity contribution in [3.63, 3.8) is 0 Å². The van der Waals surface area contributed by atoms with Gasteiger partial charge in [-0.1, -0.05) is 11.4 Å². The highest BCUT2D eigenvalue weighted by atomic mass is 32.2. The van der Waals surface area contributed by atoms with E-state index in [1.807, 2.05) is 0 Å². The number of aromatic nitrogens is 8. The highest BCUT2D eigenvalue weighted by Crippen LogP contribution is 2.68. The van der Waals surface area contributed by atoms with Gasteiger partial charge in [-0.15, -0.1) is 0 Å². The molecule has 0 saturated carbocycles. The number of unbranched alkanes of at least 4 members (excludes halogenated alkanes) is 1. The number of nitrogens with two attached hydrogens (primary N) is 2. The Bertz CT molecular complexity index is 2830. The van der Waals surface area contributed by atoms with Gasteiger partial charge in [-0.05, 0) is 12.8 Å². The molecule has 8 heterocycles. The topological polar surface area (TPSA) is 468 Å². The molecule has 36 heteroatoms. The van der Waals surface area contributed by atoms with E-state index in [4.69, 9.17) is 25.5 Å². The van der Waals surface area contributed by atoms with Crippen LogP contribution in [-0.4, -0.2) is 149 Å². The summed E-state index contributed by atoms with van der Waals surface area (Å²) in [5.74, 6) is -0.387. The maximum absolute atomic E-state index is 13.3. The van der Waals surface area contributed by atoms with Crippen LogP contribution in [-0.2, 0) is 52.7 Å². The molecule has 4 aliphatic heterocycles. The summed E-state index contributed by atoms with van der Waals surface area (Å²) >= 11 is 1.71. The number of carbonyl (C=O) groups is 2. The Labute approximate surface area is 378 Å². The molecule has 0 spiro atoms. The number of H-pyrrole nitrogens is 2. The first-order chi connectivity index (χ1) is 31.5. The second-order valence-corrected chi connectivity index (χ2v) is 21.7. The van der Waals surface area contributed by atoms with Crippen molar-refractivity contribution in [3.05, 3.63) is 33.4 Å². The summed E-state index contributed by atoms with van der Waals surface area (Å²) in [5, 5.41) is 41.3. The van der Waals surface area contributed by atoms with Gasteiger partial charge < -0.3 is 66.9 Å². The number of phosphoric ester groups is 2. The number of aliphatic hydroxyl groups is 3. The molecule has 67 heavy (non-hydrogen) atoms. The van der Waals surface area contributed by atoms with Crippen LogP contribution in [0.1, 0.15) is 38.1 Å². The van der Waals surface area contributed by atoms with E-state index in [0.29, 0.717) is 19.3 Å². The maximum atomic E-state index is 13.3. The van der Waals surface area contributed by atoms with E-state index < -0.39 is 103 Å². The number of anilines is 2. The lowest BCUT2D eigenvalue weighted by atomic mass is 10.0. The zero-order valence-corrected chi connectivity index (χ0v) is 38.0. The number of aryl methyl sites for hydroxylation is 1. The number of rotatable bonds is 18. The molecular weight excluding hydrogens is 983 g/mol. The minimum absolute atomic E-state index is 0.00848. The van der Waals surface area contributed by atoms with Crippen LogP contribution in [0.25, 0.3) is 22.3 Å². The first kappa shape index (κ1) is 49.0. The number of hydrogen-bond acceptors (Lipinski definition) is 22. The van der Waals surface area contributed by atoms with Crippen molar-refractivity contribution >= 4 is 81.4 Å². The maximum Gasteiger partial charge on any atom is 0.490 e. The molecule has 368 valence electrons. The van der Waals surface area contributed by atoms with Crippen LogP contribution in [0.2, 0.25) is 0 Å². The zero-order valence-electron chi connectivity index (χ0n) is 34.5. The molecule has 4 aliphatic rings. The molecule has 8 rings (SSSR count). The summed E-state index contributed by atoms with van der Waals surface area (Å²) < 4.78 is 71.4. The van der Waals surface area contributed by atoms with E-state index in [2.05, 4.69) is 54.0 Å². The van der Waals surface area contributed by atoms with Gasteiger partial charge >= 0.3 is 35.1 Å². The lowest BCUT2D eigenvalue weighted by molar-refractivity contribution is -0.741. The summed E-state index contributed by atoms with van der Waals surface area (Å²) in [6, 6.07) is -1.57. The van der Waals surface area contributed by atoms with Gasteiger partial charge in [-0.25, -0.2) is 28.0 Å². The summed E-state index contributed by atoms with van der Waals surface area (Å²) in [6.07, 6.45) is -7.44. The molecule has 4 saturated heterocycles. The predicted octanol–water partition coefficient (Wildman–Crippen LogP) is -3.70. The van der Waals surface area contributed by atoms with Crippen molar-refractivity contribution in [1.29, 1.82) is 0 Å². The summed E-state index contributed by atoms with van der Waals surface area (Å²) in [5.41, 5.74) is 9.59. The lowest BCUT2D eigenvalue weighted by Gasteiger charge is -2.21. The van der Waals surface area contributed by atoms with E-state index in [1.165, 1.54) is 22.5 Å². The van der Waals surface area contributed by atoms with Crippen molar-refractivity contribution in [2.24, 2.45) is 7.05 Å². The van der Waals surface area contributed by atoms with E-state index in [0.717, 1.165) is 16.6 Å². The third-order valence-electron chi connectivity index (χ3n) is 11.1. The number of urea groups is 1. The second kappa shape index (κ2) is 18.8. The van der Waals surface area contributed by atoms with E-state index in [-0.39, 0.29) is 64.0 Å². The van der Waals surface area contributed by atoms with Crippen LogP contribution in [0, 0.1) is 0 Å². The quantitative estimate of drug-likeness (QED) is 0.0197. The Morgan fingerprint density at radius 1 is 0.925 bits per heavy atom. The number of fused-ring (bicyclic) bond motifs is 3. The predicted molar refractivity (Wildman–Crippen MR) is 224 cm³/mol. The van der Waals surface area contributed by atoms with Crippen molar-refractivity contribution in [1.82, 2.24) is 50.0 Å². The van der Waals surface area contributed by atoms with Crippen LogP contribution in [0.4, 0.5) is 16.7 Å². The average Bonchev–Trinajstić information content (AvgIpc) is 4.07. The number of nitrogens with zero attached hydrogens (tertiary/aromatic N) is 6. The van der Waals surface area contributed by atoms with Gasteiger partial charge in [0.2, 0.25) is 23.6 Å². The first-order valence-corrected chi connectivity index (χ1v) is 25.5. The fourth-order valence-electron chi connectivity index (χ4n) is 8.15. The lowest BCUT2D eigenvalue weighted by Crippen LogP contribution is -2.53. The minimum Gasteiger partial charge on any atom is -0.388 e. The Kier molecular flexibility index (Phi) is 13.8. The first-order valence-electron chi connectivity index (χ1n) is 20.0. The average molecular weight is 1030 g/mol. The van der Waals surface area contributed by atoms with Crippen molar-refractivity contribution in [3.8, 4) is 0 Å². The highest BCUT2D eigenvalue weighted by Gasteiger charge is 2.51. The summed E-state index contributed by atoms with van der Waals surface area (Å²) in [4.78, 5) is 97.4. The third-order valence-corrected chi connectivity index (χ3v) is 16.9. The standard InChI is InChI=1S/C31H44N13O19P3S/c1-42-10-44(24-19(42)26(50)41-30(33)39-24)27-17(36-15(45)5-3-2-4-14-16-11(8-67-14)35-31(51)37-16)20(46)12(60-27)6-58-64(52,53)62-66(56,57)63-65(54,55)59-7-13-21(47)22(48)28(61-13)43-9-34-18-23(43)38-29(32)40-25(18)49/h9-14,16-17,20-22,27-28,46-48H,2-8H2,1H3,(H11-,32,33,35,36,37,38,39,40,41,45,49,50,51,52,53,54,55,56,57)/p+1/t11-,12+,13+,14-,16-,17+,20+,21+,22+,27+,28+/m0/s1. The molecule has 3 amide bonds. The van der Waals surface area contributed by atoms with Crippen LogP contribution < -0.4 is 43.1 Å². The van der Waals surface area contributed by atoms with Gasteiger partial charge in [0.05, 0.1) is 38.7 Å². The Balaban J connectivity index is 0.881. The second-order valence-electron chi connectivity index (χ2n) is 15.8. The molecular formula is C31H45N13O19P3S+. The highest BCUT2D eigenvalue weighted by molar-refractivity contribution is 8.00. The molecule has 0 aliphatic carbocycles. The molecule has 4 aromatic heterocycles. The summed E-state index contributed by atoms with van der Waals surface area (Å²) in [6.45, 7) is -2.21. The Morgan fingerprint density at radius 3 is 2.28 bits per heavy atom. The number of nitrogens with one attached hydrogen (secondary N) is 5. The fraction of sp³-hybridized carbons (Fsp3) is 0.613. The molecule has 0 bridgehead atoms. The van der Waals surface area contributed by atoms with E-state index in [1.54, 1.807) is 11.8 Å². The molecule has 4 fully saturated rings. The molecule has 4 aromatic rings. The molecule has 14 atom stereocenters. The van der Waals surface area contributed by atoms with E-state index >= 15 is 0 Å². The van der Waals surface area contributed by atoms with Gasteiger partial charge in [-0.2, -0.15) is 25.4 Å². The van der Waals surface area contributed by atoms with Crippen molar-refractivity contribution < 1.29 is 85.0 Å². The smallest absolute Gasteiger partial charge is 0.388 e. The van der Waals surface area contributed by atoms with Crippen LogP contribution in [0.5, 0.6) is 0 Å². The van der Waals surface area contributed by atoms with Crippen LogP contribution >= 0.6 is 35.2 Å². The van der Waals surface area contributed by atoms with Gasteiger partial charge in [0.1, 0.15) is 36.6 Å². The number of thioether (sulfide) groups is 1. The monoisotopic (exact) mass is 1030 g/mol. The number of amides is 3. The molecule has 0 radical (unpaired) electrons. The van der Waals surface area contributed by atoms with Gasteiger partial charge in [0.15, 0.2) is 23.7 Å². The van der Waals surface area contributed by atoms with Crippen LogP contribution in [0.3, 0.4) is 0 Å². The number of imidazole rings is 2. The summed E-state index contributed by atoms with van der Waals surface area (Å²) in [7, 11) is -16.1. The SMILES string of the molecule is Cn1c[n+]([C@@H]2O[C@H](COP(=O)(O)OP(=O)(O)OP(=O)(O)OC[C@H]3O[C@@H](n4cnc5c(=O)[nH]c(N)nc54)[C@H](O)[C@@H]3O)[C@@H](O)[C@H]2NC(=O)CCCC[C@@H]2SC[C@@H]3NC(=O)N[C@@H]32)c2nc(N)[nH]c(=O)c21. The molecule has 3 unspecified atom stereocenters. The molecule has 32 nitrogen and oxygen atoms in total. The number of aromatic amines is 2. The largest absolute Gasteiger partial charge is 0.490 e. The normalized spacial score (nSPS) is 31.0. The number of aliphatic hydroxyl groups excluding tert-OH is 3. The number of nitrogen functional groups attached to an aromatic ring is 2. The molecule has 15 N–H and O–H groups in total. The van der Waals surface area contributed by atoms with Crippen molar-refractivity contribution in [2.75, 3.05) is 30.4 Å². The van der Waals surface area contributed by atoms with Gasteiger partial charge in [0, 0.05) is 17.4 Å². The number of hydrogen-bond donors (Lipinski definition) is 13. The Hall–Kier alpha value is -4.40. The zero-order chi connectivity index (χ0) is 48.3. The number of phosphoric acid groups is 3. The van der Waals surface area contributed by atoms with Gasteiger partial charge in [0.25, 0.3) is 17.1 Å². The fourth-order valence-corrected chi connectivity index (χ4v) is 13.2. The Morgan fingerprint density at radius 2 is 1.58 bits per heavy atom. The molecule has 0 aromatic carbocycles. The van der Waals surface area contributed by atoms with Gasteiger partial charge in [-0.3, -0.25) is 42.5 Å². The van der Waals surface area contributed by atoms with Crippen molar-refractivity contribution in [2.45, 2.75) is 92.0 Å². The number of carbonyl (C=O) groups excluding carboxylic acids is 2. The van der Waals surface area contributed by atoms with Crippen LogP contribution in [0.15, 0.2) is 22.2 Å². The third kappa shape index (κ3) is 10.5. The number of ether oxygens (including phenoxy) is 2.